The number of nitrogens with zero attached hydrogens (tertiary/aromatic N) is 4. The maximum Gasteiger partial charge on any atom is 0.275 e. The van der Waals surface area contributed by atoms with E-state index in [0.29, 0.717) is 10.1 Å². The van der Waals surface area contributed by atoms with Crippen molar-refractivity contribution in [1.29, 1.82) is 0 Å². The summed E-state index contributed by atoms with van der Waals surface area (Å²) in [6.45, 7) is 5.58. The predicted octanol–water partition coefficient (Wildman–Crippen LogP) is 2.24. The van der Waals surface area contributed by atoms with Gasteiger partial charge in [-0.15, -0.1) is 5.10 Å². The molecule has 0 spiro atoms. The van der Waals surface area contributed by atoms with Crippen LogP contribution < -0.4 is 10.9 Å². The third-order valence-electron chi connectivity index (χ3n) is 4.79. The van der Waals surface area contributed by atoms with Crippen LogP contribution in [0.4, 0.5) is 5.13 Å². The first kappa shape index (κ1) is 18.1. The van der Waals surface area contributed by atoms with E-state index in [1.54, 1.807) is 0 Å². The molecule has 0 radical (unpaired) electrons. The number of anilines is 1. The van der Waals surface area contributed by atoms with Gasteiger partial charge in [0.2, 0.25) is 10.1 Å². The van der Waals surface area contributed by atoms with Crippen molar-refractivity contribution >= 4 is 21.4 Å². The van der Waals surface area contributed by atoms with Crippen molar-refractivity contribution in [3.63, 3.8) is 0 Å². The van der Waals surface area contributed by atoms with Crippen LogP contribution in [0.2, 0.25) is 0 Å². The molecule has 1 aliphatic rings. The molecule has 7 nitrogen and oxygen atoms in total. The SMILES string of the molecule is CCC(Nc1nn2c(=O)ccnc2s1)C1CN(Cc2ccccc2)CCO1. The summed E-state index contributed by atoms with van der Waals surface area (Å²) in [5, 5.41) is 8.51. The molecule has 2 atom stereocenters. The van der Waals surface area contributed by atoms with Crippen LogP contribution >= 0.6 is 11.3 Å². The number of morpholine rings is 1. The van der Waals surface area contributed by atoms with Crippen LogP contribution in [0.15, 0.2) is 47.4 Å². The molecular weight excluding hydrogens is 362 g/mol. The maximum absolute atomic E-state index is 11.9. The number of fused-ring (bicyclic) bond motifs is 1. The van der Waals surface area contributed by atoms with E-state index < -0.39 is 0 Å². The van der Waals surface area contributed by atoms with E-state index in [4.69, 9.17) is 4.74 Å². The maximum atomic E-state index is 11.9. The van der Waals surface area contributed by atoms with Crippen LogP contribution in [0.1, 0.15) is 18.9 Å². The average Bonchev–Trinajstić information content (AvgIpc) is 3.11. The number of benzene rings is 1. The summed E-state index contributed by atoms with van der Waals surface area (Å²) in [4.78, 5) is 19.1. The average molecular weight is 385 g/mol. The third kappa shape index (κ3) is 4.18. The Morgan fingerprint density at radius 3 is 2.96 bits per heavy atom. The van der Waals surface area contributed by atoms with E-state index in [1.165, 1.54) is 33.7 Å². The Labute approximate surface area is 161 Å². The first-order valence-corrected chi connectivity index (χ1v) is 10.0. The molecule has 4 rings (SSSR count). The van der Waals surface area contributed by atoms with Gasteiger partial charge in [-0.1, -0.05) is 48.6 Å². The smallest absolute Gasteiger partial charge is 0.275 e. The lowest BCUT2D eigenvalue weighted by Crippen LogP contribution is -2.49. The summed E-state index contributed by atoms with van der Waals surface area (Å²) >= 11 is 1.38. The van der Waals surface area contributed by atoms with Gasteiger partial charge < -0.3 is 10.1 Å². The number of hydrogen-bond acceptors (Lipinski definition) is 7. The Bertz CT molecular complexity index is 942. The lowest BCUT2D eigenvalue weighted by Gasteiger charge is -2.37. The highest BCUT2D eigenvalue weighted by molar-refractivity contribution is 7.20. The molecule has 1 aromatic carbocycles. The van der Waals surface area contributed by atoms with Crippen molar-refractivity contribution in [2.45, 2.75) is 32.0 Å². The molecule has 142 valence electrons. The Morgan fingerprint density at radius 1 is 1.33 bits per heavy atom. The largest absolute Gasteiger partial charge is 0.373 e. The highest BCUT2D eigenvalue weighted by atomic mass is 32.1. The van der Waals surface area contributed by atoms with E-state index >= 15 is 0 Å². The lowest BCUT2D eigenvalue weighted by atomic mass is 10.1. The molecule has 1 aliphatic heterocycles. The molecule has 3 aromatic rings. The minimum Gasteiger partial charge on any atom is -0.373 e. The normalized spacial score (nSPS) is 19.2. The van der Waals surface area contributed by atoms with E-state index in [1.807, 2.05) is 6.07 Å². The summed E-state index contributed by atoms with van der Waals surface area (Å²) in [7, 11) is 0. The van der Waals surface area contributed by atoms with Crippen molar-refractivity contribution in [1.82, 2.24) is 19.5 Å². The molecule has 1 N–H and O–H groups in total. The highest BCUT2D eigenvalue weighted by Gasteiger charge is 2.28. The van der Waals surface area contributed by atoms with E-state index in [9.17, 15) is 4.79 Å². The van der Waals surface area contributed by atoms with Gasteiger partial charge in [0.25, 0.3) is 5.56 Å². The van der Waals surface area contributed by atoms with Gasteiger partial charge >= 0.3 is 0 Å². The zero-order chi connectivity index (χ0) is 18.6. The molecule has 0 saturated carbocycles. The second-order valence-corrected chi connectivity index (χ2v) is 7.63. The molecule has 27 heavy (non-hydrogen) atoms. The molecule has 1 saturated heterocycles. The third-order valence-corrected chi connectivity index (χ3v) is 5.65. The molecular formula is C19H23N5O2S. The Morgan fingerprint density at radius 2 is 2.19 bits per heavy atom. The van der Waals surface area contributed by atoms with Gasteiger partial charge in [0.1, 0.15) is 0 Å². The van der Waals surface area contributed by atoms with Crippen LogP contribution in [-0.4, -0.2) is 51.3 Å². The minimum absolute atomic E-state index is 0.0733. The van der Waals surface area contributed by atoms with Gasteiger partial charge in [-0.2, -0.15) is 4.52 Å². The topological polar surface area (TPSA) is 71.8 Å². The number of ether oxygens (including phenoxy) is 1. The first-order chi connectivity index (χ1) is 13.2. The van der Waals surface area contributed by atoms with Gasteiger partial charge in [0.05, 0.1) is 18.8 Å². The quantitative estimate of drug-likeness (QED) is 0.702. The van der Waals surface area contributed by atoms with Crippen molar-refractivity contribution in [2.24, 2.45) is 0 Å². The van der Waals surface area contributed by atoms with Crippen molar-refractivity contribution in [3.05, 3.63) is 58.5 Å². The molecule has 2 unspecified atom stereocenters. The summed E-state index contributed by atoms with van der Waals surface area (Å²) in [6, 6.07) is 12.1. The van der Waals surface area contributed by atoms with Gasteiger partial charge in [0.15, 0.2) is 0 Å². The molecule has 0 bridgehead atoms. The van der Waals surface area contributed by atoms with Gasteiger partial charge in [-0.25, -0.2) is 4.98 Å². The summed E-state index contributed by atoms with van der Waals surface area (Å²) in [5.41, 5.74) is 1.15. The Kier molecular flexibility index (Phi) is 5.47. The molecule has 8 heteroatoms. The fourth-order valence-corrected chi connectivity index (χ4v) is 4.22. The summed E-state index contributed by atoms with van der Waals surface area (Å²) < 4.78 is 7.39. The number of hydrogen-bond donors (Lipinski definition) is 1. The monoisotopic (exact) mass is 385 g/mol. The minimum atomic E-state index is -0.166. The van der Waals surface area contributed by atoms with E-state index in [0.717, 1.165) is 32.7 Å². The summed E-state index contributed by atoms with van der Waals surface area (Å²) in [6.07, 6.45) is 2.49. The van der Waals surface area contributed by atoms with Crippen LogP contribution in [0, 0.1) is 0 Å². The fraction of sp³-hybridized carbons (Fsp3) is 0.421. The highest BCUT2D eigenvalue weighted by Crippen LogP contribution is 2.21. The van der Waals surface area contributed by atoms with Crippen molar-refractivity contribution in [2.75, 3.05) is 25.0 Å². The molecule has 0 aliphatic carbocycles. The van der Waals surface area contributed by atoms with Crippen LogP contribution in [0.5, 0.6) is 0 Å². The molecule has 0 amide bonds. The standard InChI is InChI=1S/C19H23N5O2S/c1-2-15(21-18-22-24-17(25)8-9-20-19(24)27-18)16-13-23(10-11-26-16)12-14-6-4-3-5-7-14/h3-9,15-16H,2,10-13H2,1H3,(H,21,22). The molecule has 1 fully saturated rings. The van der Waals surface area contributed by atoms with Crippen LogP contribution in [0.3, 0.4) is 0 Å². The zero-order valence-electron chi connectivity index (χ0n) is 15.2. The predicted molar refractivity (Wildman–Crippen MR) is 106 cm³/mol. The van der Waals surface area contributed by atoms with Crippen molar-refractivity contribution in [3.8, 4) is 0 Å². The van der Waals surface area contributed by atoms with Gasteiger partial charge in [-0.05, 0) is 12.0 Å². The molecule has 2 aromatic heterocycles. The van der Waals surface area contributed by atoms with Gasteiger partial charge in [0, 0.05) is 31.9 Å². The lowest BCUT2D eigenvalue weighted by molar-refractivity contribution is -0.0402. The zero-order valence-corrected chi connectivity index (χ0v) is 16.1. The number of nitrogens with one attached hydrogen (secondary N) is 1. The number of rotatable bonds is 6. The van der Waals surface area contributed by atoms with Crippen LogP contribution in [-0.2, 0) is 11.3 Å². The Hall–Kier alpha value is -2.29. The second-order valence-electron chi connectivity index (χ2n) is 6.67. The first-order valence-electron chi connectivity index (χ1n) is 9.22. The van der Waals surface area contributed by atoms with Crippen molar-refractivity contribution < 1.29 is 4.74 Å². The number of aromatic nitrogens is 3. The fourth-order valence-electron chi connectivity index (χ4n) is 3.38. The van der Waals surface area contributed by atoms with E-state index in [-0.39, 0.29) is 17.7 Å². The summed E-state index contributed by atoms with van der Waals surface area (Å²) in [5.74, 6) is 0. The van der Waals surface area contributed by atoms with E-state index in [2.05, 4.69) is 51.5 Å². The van der Waals surface area contributed by atoms with Gasteiger partial charge in [-0.3, -0.25) is 9.69 Å². The second kappa shape index (κ2) is 8.16. The molecule has 3 heterocycles. The Balaban J connectivity index is 1.44. The van der Waals surface area contributed by atoms with Crippen LogP contribution in [0.25, 0.3) is 4.96 Å².